The summed E-state index contributed by atoms with van der Waals surface area (Å²) >= 11 is 9.45. The second kappa shape index (κ2) is 4.70. The third kappa shape index (κ3) is 2.78. The average Bonchev–Trinajstić information content (AvgIpc) is 2.67. The van der Waals surface area contributed by atoms with Crippen LogP contribution in [0.5, 0.6) is 0 Å². The Bertz CT molecular complexity index is 469. The third-order valence-electron chi connectivity index (χ3n) is 2.54. The second-order valence-electron chi connectivity index (χ2n) is 5.19. The highest BCUT2D eigenvalue weighted by atomic mass is 79.9. The molecule has 2 rings (SSSR count). The van der Waals surface area contributed by atoms with Crippen LogP contribution in [0.25, 0.3) is 0 Å². The van der Waals surface area contributed by atoms with E-state index < -0.39 is 5.60 Å². The standard InChI is InChI=1S/C12H14BrClN2O2/c1-12(2,3)18-11(17)16-5-7-8(6-16)10(14)15-4-9(7)13/h4H,5-6H2,1-3H3. The molecule has 1 aromatic rings. The molecule has 0 unspecified atom stereocenters. The van der Waals surface area contributed by atoms with Gasteiger partial charge in [-0.1, -0.05) is 11.6 Å². The maximum atomic E-state index is 12.0. The molecule has 0 saturated carbocycles. The van der Waals surface area contributed by atoms with E-state index in [1.165, 1.54) is 0 Å². The molecule has 4 nitrogen and oxygen atoms in total. The van der Waals surface area contributed by atoms with Crippen LogP contribution in [0, 0.1) is 0 Å². The molecule has 0 N–H and O–H groups in total. The summed E-state index contributed by atoms with van der Waals surface area (Å²) in [4.78, 5) is 17.7. The van der Waals surface area contributed by atoms with Crippen LogP contribution < -0.4 is 0 Å². The molecule has 98 valence electrons. The molecule has 0 atom stereocenters. The minimum absolute atomic E-state index is 0.332. The fourth-order valence-electron chi connectivity index (χ4n) is 1.76. The lowest BCUT2D eigenvalue weighted by Crippen LogP contribution is -2.33. The molecule has 0 fully saturated rings. The number of halogens is 2. The monoisotopic (exact) mass is 332 g/mol. The van der Waals surface area contributed by atoms with E-state index in [4.69, 9.17) is 16.3 Å². The van der Waals surface area contributed by atoms with Crippen LogP contribution in [0.4, 0.5) is 4.79 Å². The molecule has 0 bridgehead atoms. The Hall–Kier alpha value is -0.810. The molecule has 0 aliphatic carbocycles. The summed E-state index contributed by atoms with van der Waals surface area (Å²) in [5.41, 5.74) is 1.39. The van der Waals surface area contributed by atoms with Gasteiger partial charge in [0, 0.05) is 16.2 Å². The van der Waals surface area contributed by atoms with Crippen molar-refractivity contribution in [3.05, 3.63) is 26.9 Å². The van der Waals surface area contributed by atoms with E-state index in [9.17, 15) is 4.79 Å². The van der Waals surface area contributed by atoms with Gasteiger partial charge in [-0.3, -0.25) is 4.90 Å². The first-order valence-electron chi connectivity index (χ1n) is 5.57. The van der Waals surface area contributed by atoms with E-state index in [0.29, 0.717) is 18.2 Å². The maximum absolute atomic E-state index is 12.0. The smallest absolute Gasteiger partial charge is 0.410 e. The second-order valence-corrected chi connectivity index (χ2v) is 6.40. The van der Waals surface area contributed by atoms with Crippen molar-refractivity contribution in [1.82, 2.24) is 9.88 Å². The molecule has 0 saturated heterocycles. The molecule has 1 amide bonds. The molecule has 1 aromatic heterocycles. The number of ether oxygens (including phenoxy) is 1. The number of pyridine rings is 1. The summed E-state index contributed by atoms with van der Waals surface area (Å²) in [5, 5.41) is 0.444. The highest BCUT2D eigenvalue weighted by molar-refractivity contribution is 9.10. The SMILES string of the molecule is CC(C)(C)OC(=O)N1Cc2c(Br)cnc(Cl)c2C1. The Labute approximate surface area is 119 Å². The van der Waals surface area contributed by atoms with E-state index in [-0.39, 0.29) is 6.09 Å². The van der Waals surface area contributed by atoms with Crippen LogP contribution in [-0.2, 0) is 17.8 Å². The zero-order valence-corrected chi connectivity index (χ0v) is 12.8. The number of carbonyl (C=O) groups is 1. The first kappa shape index (κ1) is 13.6. The number of hydrogen-bond acceptors (Lipinski definition) is 3. The predicted molar refractivity (Wildman–Crippen MR) is 72.4 cm³/mol. The van der Waals surface area contributed by atoms with E-state index in [2.05, 4.69) is 20.9 Å². The zero-order valence-electron chi connectivity index (χ0n) is 10.5. The number of rotatable bonds is 0. The number of aromatic nitrogens is 1. The van der Waals surface area contributed by atoms with Crippen molar-refractivity contribution in [1.29, 1.82) is 0 Å². The summed E-state index contributed by atoms with van der Waals surface area (Å²) in [6, 6.07) is 0. The molecule has 0 spiro atoms. The fraction of sp³-hybridized carbons (Fsp3) is 0.500. The molecular formula is C12H14BrClN2O2. The van der Waals surface area contributed by atoms with Gasteiger partial charge in [-0.15, -0.1) is 0 Å². The highest BCUT2D eigenvalue weighted by Gasteiger charge is 2.30. The fourth-order valence-corrected chi connectivity index (χ4v) is 2.45. The number of hydrogen-bond donors (Lipinski definition) is 0. The lowest BCUT2D eigenvalue weighted by Gasteiger charge is -2.24. The zero-order chi connectivity index (χ0) is 13.5. The van der Waals surface area contributed by atoms with Gasteiger partial charge in [0.2, 0.25) is 0 Å². The summed E-state index contributed by atoms with van der Waals surface area (Å²) in [7, 11) is 0. The molecule has 0 radical (unpaired) electrons. The minimum atomic E-state index is -0.495. The Balaban J connectivity index is 2.18. The summed E-state index contributed by atoms with van der Waals surface area (Å²) in [5.74, 6) is 0. The highest BCUT2D eigenvalue weighted by Crippen LogP contribution is 2.33. The van der Waals surface area contributed by atoms with Crippen LogP contribution in [0.15, 0.2) is 10.7 Å². The van der Waals surface area contributed by atoms with Crippen molar-refractivity contribution in [3.8, 4) is 0 Å². The van der Waals surface area contributed by atoms with Gasteiger partial charge in [0.15, 0.2) is 0 Å². The first-order valence-corrected chi connectivity index (χ1v) is 6.74. The van der Waals surface area contributed by atoms with Crippen molar-refractivity contribution in [2.24, 2.45) is 0 Å². The minimum Gasteiger partial charge on any atom is -0.444 e. The topological polar surface area (TPSA) is 42.4 Å². The van der Waals surface area contributed by atoms with E-state index >= 15 is 0 Å². The van der Waals surface area contributed by atoms with E-state index in [0.717, 1.165) is 15.6 Å². The maximum Gasteiger partial charge on any atom is 0.410 e. The normalized spacial score (nSPS) is 14.6. The Morgan fingerprint density at radius 2 is 2.06 bits per heavy atom. The van der Waals surface area contributed by atoms with Crippen molar-refractivity contribution < 1.29 is 9.53 Å². The third-order valence-corrected chi connectivity index (χ3v) is 3.55. The first-order chi connectivity index (χ1) is 8.28. The van der Waals surface area contributed by atoms with Gasteiger partial charge in [0.25, 0.3) is 0 Å². The molecule has 0 aromatic carbocycles. The number of nitrogens with zero attached hydrogens (tertiary/aromatic N) is 2. The molecule has 2 heterocycles. The largest absolute Gasteiger partial charge is 0.444 e. The molecule has 1 aliphatic rings. The number of carbonyl (C=O) groups excluding carboxylic acids is 1. The molecule has 18 heavy (non-hydrogen) atoms. The average molecular weight is 334 g/mol. The van der Waals surface area contributed by atoms with Gasteiger partial charge in [-0.25, -0.2) is 9.78 Å². The van der Waals surface area contributed by atoms with Crippen molar-refractivity contribution in [3.63, 3.8) is 0 Å². The van der Waals surface area contributed by atoms with Gasteiger partial charge in [-0.05, 0) is 42.3 Å². The lowest BCUT2D eigenvalue weighted by atomic mass is 10.2. The Morgan fingerprint density at radius 1 is 1.44 bits per heavy atom. The lowest BCUT2D eigenvalue weighted by molar-refractivity contribution is 0.0241. The summed E-state index contributed by atoms with van der Waals surface area (Å²) in [6.07, 6.45) is 1.32. The van der Waals surface area contributed by atoms with Crippen LogP contribution in [0.1, 0.15) is 31.9 Å². The van der Waals surface area contributed by atoms with Gasteiger partial charge >= 0.3 is 6.09 Å². The van der Waals surface area contributed by atoms with Gasteiger partial charge in [-0.2, -0.15) is 0 Å². The van der Waals surface area contributed by atoms with E-state index in [1.54, 1.807) is 11.1 Å². The van der Waals surface area contributed by atoms with Crippen molar-refractivity contribution in [2.75, 3.05) is 0 Å². The van der Waals surface area contributed by atoms with Gasteiger partial charge in [0.1, 0.15) is 10.8 Å². The molecular weight excluding hydrogens is 320 g/mol. The van der Waals surface area contributed by atoms with Crippen LogP contribution >= 0.6 is 27.5 Å². The number of amides is 1. The van der Waals surface area contributed by atoms with Crippen molar-refractivity contribution in [2.45, 2.75) is 39.5 Å². The quantitative estimate of drug-likeness (QED) is 0.679. The number of fused-ring (bicyclic) bond motifs is 1. The van der Waals surface area contributed by atoms with Crippen LogP contribution in [-0.4, -0.2) is 21.6 Å². The van der Waals surface area contributed by atoms with Crippen LogP contribution in [0.3, 0.4) is 0 Å². The van der Waals surface area contributed by atoms with Gasteiger partial charge < -0.3 is 4.74 Å². The Morgan fingerprint density at radius 3 is 2.61 bits per heavy atom. The molecule has 1 aliphatic heterocycles. The van der Waals surface area contributed by atoms with E-state index in [1.807, 2.05) is 20.8 Å². The predicted octanol–water partition coefficient (Wildman–Crippen LogP) is 3.75. The van der Waals surface area contributed by atoms with Crippen molar-refractivity contribution >= 4 is 33.6 Å². The summed E-state index contributed by atoms with van der Waals surface area (Å²) in [6.45, 7) is 6.47. The Kier molecular flexibility index (Phi) is 3.56. The molecule has 6 heteroatoms. The summed E-state index contributed by atoms with van der Waals surface area (Å²) < 4.78 is 6.21. The van der Waals surface area contributed by atoms with Gasteiger partial charge in [0.05, 0.1) is 13.1 Å². The van der Waals surface area contributed by atoms with Crippen LogP contribution in [0.2, 0.25) is 5.15 Å².